The summed E-state index contributed by atoms with van der Waals surface area (Å²) in [4.78, 5) is 11.6. The van der Waals surface area contributed by atoms with Gasteiger partial charge in [-0.15, -0.1) is 0 Å². The lowest BCUT2D eigenvalue weighted by Gasteiger charge is -2.17. The van der Waals surface area contributed by atoms with E-state index in [2.05, 4.69) is 22.8 Å². The monoisotopic (exact) mass is 286 g/mol. The highest BCUT2D eigenvalue weighted by Gasteiger charge is 2.16. The zero-order chi connectivity index (χ0) is 14.9. The van der Waals surface area contributed by atoms with Gasteiger partial charge in [0, 0.05) is 19.5 Å². The van der Waals surface area contributed by atoms with Crippen molar-refractivity contribution in [2.75, 3.05) is 13.1 Å². The molecule has 4 nitrogen and oxygen atoms in total. The maximum atomic E-state index is 11.6. The summed E-state index contributed by atoms with van der Waals surface area (Å²) < 4.78 is 5.51. The van der Waals surface area contributed by atoms with Crippen molar-refractivity contribution in [2.24, 2.45) is 0 Å². The Labute approximate surface area is 125 Å². The third kappa shape index (κ3) is 4.76. The number of amides is 1. The summed E-state index contributed by atoms with van der Waals surface area (Å²) >= 11 is 0. The van der Waals surface area contributed by atoms with Gasteiger partial charge in [0.1, 0.15) is 5.76 Å². The molecule has 21 heavy (non-hydrogen) atoms. The first-order valence-corrected chi connectivity index (χ1v) is 7.39. The SMILES string of the molecule is CCCNC(=O)CCNC(c1ccccc1)c1ccco1. The average molecular weight is 286 g/mol. The molecule has 4 heteroatoms. The van der Waals surface area contributed by atoms with Crippen LogP contribution in [0.1, 0.15) is 37.1 Å². The summed E-state index contributed by atoms with van der Waals surface area (Å²) in [6.07, 6.45) is 3.09. The third-order valence-electron chi connectivity index (χ3n) is 3.23. The molecule has 0 fully saturated rings. The van der Waals surface area contributed by atoms with Gasteiger partial charge in [0.15, 0.2) is 0 Å². The fourth-order valence-electron chi connectivity index (χ4n) is 2.17. The first-order chi connectivity index (χ1) is 10.3. The van der Waals surface area contributed by atoms with E-state index < -0.39 is 0 Å². The topological polar surface area (TPSA) is 54.3 Å². The number of carbonyl (C=O) groups excluding carboxylic acids is 1. The Hall–Kier alpha value is -2.07. The normalized spacial score (nSPS) is 12.0. The number of benzene rings is 1. The fourth-order valence-corrected chi connectivity index (χ4v) is 2.17. The molecule has 0 aliphatic heterocycles. The van der Waals surface area contributed by atoms with Crippen molar-refractivity contribution < 1.29 is 9.21 Å². The largest absolute Gasteiger partial charge is 0.467 e. The van der Waals surface area contributed by atoms with Crippen LogP contribution in [0.3, 0.4) is 0 Å². The van der Waals surface area contributed by atoms with Gasteiger partial charge in [0.05, 0.1) is 12.3 Å². The Balaban J connectivity index is 1.94. The highest BCUT2D eigenvalue weighted by molar-refractivity contribution is 5.76. The Morgan fingerprint density at radius 3 is 2.62 bits per heavy atom. The van der Waals surface area contributed by atoms with Crippen molar-refractivity contribution in [1.82, 2.24) is 10.6 Å². The smallest absolute Gasteiger partial charge is 0.221 e. The average Bonchev–Trinajstić information content (AvgIpc) is 3.04. The van der Waals surface area contributed by atoms with Crippen LogP contribution in [0.2, 0.25) is 0 Å². The van der Waals surface area contributed by atoms with Crippen LogP contribution < -0.4 is 10.6 Å². The molecule has 1 unspecified atom stereocenters. The van der Waals surface area contributed by atoms with E-state index in [1.54, 1.807) is 6.26 Å². The second-order valence-electron chi connectivity index (χ2n) is 4.91. The minimum atomic E-state index is -0.0276. The summed E-state index contributed by atoms with van der Waals surface area (Å²) in [6.45, 7) is 3.38. The highest BCUT2D eigenvalue weighted by atomic mass is 16.3. The van der Waals surface area contributed by atoms with Crippen molar-refractivity contribution >= 4 is 5.91 Å². The van der Waals surface area contributed by atoms with Crippen molar-refractivity contribution in [3.05, 3.63) is 60.1 Å². The second-order valence-corrected chi connectivity index (χ2v) is 4.91. The van der Waals surface area contributed by atoms with Crippen molar-refractivity contribution in [2.45, 2.75) is 25.8 Å². The van der Waals surface area contributed by atoms with Crippen LogP contribution in [0.4, 0.5) is 0 Å². The first-order valence-electron chi connectivity index (χ1n) is 7.39. The Morgan fingerprint density at radius 1 is 1.14 bits per heavy atom. The zero-order valence-electron chi connectivity index (χ0n) is 12.3. The molecule has 0 radical (unpaired) electrons. The van der Waals surface area contributed by atoms with Gasteiger partial charge < -0.3 is 15.1 Å². The Morgan fingerprint density at radius 2 is 1.95 bits per heavy atom. The molecular weight excluding hydrogens is 264 g/mol. The summed E-state index contributed by atoms with van der Waals surface area (Å²) in [7, 11) is 0. The molecular formula is C17H22N2O2. The molecule has 1 heterocycles. The highest BCUT2D eigenvalue weighted by Crippen LogP contribution is 2.22. The van der Waals surface area contributed by atoms with E-state index in [4.69, 9.17) is 4.42 Å². The molecule has 0 aliphatic carbocycles. The lowest BCUT2D eigenvalue weighted by atomic mass is 10.0. The number of rotatable bonds is 8. The van der Waals surface area contributed by atoms with E-state index in [0.29, 0.717) is 13.0 Å². The molecule has 2 N–H and O–H groups in total. The summed E-state index contributed by atoms with van der Waals surface area (Å²) in [5, 5.41) is 6.27. The van der Waals surface area contributed by atoms with Gasteiger partial charge in [-0.3, -0.25) is 4.79 Å². The molecule has 112 valence electrons. The standard InChI is InChI=1S/C17H22N2O2/c1-2-11-18-16(20)10-12-19-17(15-9-6-13-21-15)14-7-4-3-5-8-14/h3-9,13,17,19H,2,10-12H2,1H3,(H,18,20). The van der Waals surface area contributed by atoms with Gasteiger partial charge in [-0.05, 0) is 24.1 Å². The lowest BCUT2D eigenvalue weighted by Crippen LogP contribution is -2.30. The molecule has 0 aliphatic rings. The van der Waals surface area contributed by atoms with Crippen LogP contribution >= 0.6 is 0 Å². The van der Waals surface area contributed by atoms with Crippen molar-refractivity contribution in [1.29, 1.82) is 0 Å². The van der Waals surface area contributed by atoms with Gasteiger partial charge in [0.2, 0.25) is 5.91 Å². The van der Waals surface area contributed by atoms with Crippen molar-refractivity contribution in [3.63, 3.8) is 0 Å². The Bertz CT molecular complexity index is 523. The number of hydrogen-bond acceptors (Lipinski definition) is 3. The molecule has 0 saturated carbocycles. The minimum absolute atomic E-state index is 0.0276. The lowest BCUT2D eigenvalue weighted by molar-refractivity contribution is -0.121. The van der Waals surface area contributed by atoms with Crippen LogP contribution in [-0.2, 0) is 4.79 Å². The minimum Gasteiger partial charge on any atom is -0.467 e. The summed E-state index contributed by atoms with van der Waals surface area (Å²) in [5.74, 6) is 0.936. The number of nitrogens with one attached hydrogen (secondary N) is 2. The molecule has 1 aromatic carbocycles. The molecule has 1 amide bonds. The molecule has 0 spiro atoms. The van der Waals surface area contributed by atoms with Crippen molar-refractivity contribution in [3.8, 4) is 0 Å². The van der Waals surface area contributed by atoms with Crippen LogP contribution in [0.5, 0.6) is 0 Å². The predicted molar refractivity (Wildman–Crippen MR) is 82.9 cm³/mol. The maximum Gasteiger partial charge on any atom is 0.221 e. The van der Waals surface area contributed by atoms with E-state index in [9.17, 15) is 4.79 Å². The number of hydrogen-bond donors (Lipinski definition) is 2. The quantitative estimate of drug-likeness (QED) is 0.784. The number of furan rings is 1. The maximum absolute atomic E-state index is 11.6. The number of carbonyl (C=O) groups is 1. The predicted octanol–water partition coefficient (Wildman–Crippen LogP) is 2.87. The van der Waals surface area contributed by atoms with Gasteiger partial charge in [-0.2, -0.15) is 0 Å². The molecule has 1 atom stereocenters. The van der Waals surface area contributed by atoms with Gasteiger partial charge in [-0.25, -0.2) is 0 Å². The third-order valence-corrected chi connectivity index (χ3v) is 3.23. The van der Waals surface area contributed by atoms with E-state index in [1.165, 1.54) is 0 Å². The molecule has 2 rings (SSSR count). The fraction of sp³-hybridized carbons (Fsp3) is 0.353. The van der Waals surface area contributed by atoms with Gasteiger partial charge in [-0.1, -0.05) is 37.3 Å². The van der Waals surface area contributed by atoms with E-state index in [-0.39, 0.29) is 11.9 Å². The molecule has 1 aromatic heterocycles. The van der Waals surface area contributed by atoms with Crippen LogP contribution in [0.25, 0.3) is 0 Å². The van der Waals surface area contributed by atoms with Crippen LogP contribution in [0.15, 0.2) is 53.1 Å². The second kappa shape index (κ2) is 8.27. The summed E-state index contributed by atoms with van der Waals surface area (Å²) in [5.41, 5.74) is 1.13. The Kier molecular flexibility index (Phi) is 6.03. The molecule has 0 bridgehead atoms. The molecule has 0 saturated heterocycles. The van der Waals surface area contributed by atoms with Crippen LogP contribution in [0, 0.1) is 0 Å². The summed E-state index contributed by atoms with van der Waals surface area (Å²) in [6, 6.07) is 13.9. The van der Waals surface area contributed by atoms with E-state index in [0.717, 1.165) is 24.3 Å². The molecule has 2 aromatic rings. The van der Waals surface area contributed by atoms with Gasteiger partial charge in [0.25, 0.3) is 0 Å². The van der Waals surface area contributed by atoms with E-state index >= 15 is 0 Å². The van der Waals surface area contributed by atoms with Gasteiger partial charge >= 0.3 is 0 Å². The zero-order valence-corrected chi connectivity index (χ0v) is 12.3. The van der Waals surface area contributed by atoms with Crippen LogP contribution in [-0.4, -0.2) is 19.0 Å². The first kappa shape index (κ1) is 15.3. The van der Waals surface area contributed by atoms with E-state index in [1.807, 2.05) is 37.3 Å².